The molecule has 0 heterocycles. The van der Waals surface area contributed by atoms with Gasteiger partial charge < -0.3 is 20.6 Å². The fourth-order valence-electron chi connectivity index (χ4n) is 4.63. The smallest absolute Gasteiger partial charge is 0.220 e. The van der Waals surface area contributed by atoms with Crippen LogP contribution in [0.2, 0.25) is 0 Å². The van der Waals surface area contributed by atoms with Gasteiger partial charge in [0.1, 0.15) is 6.10 Å². The number of unbranched alkanes of at least 4 members (excludes halogenated alkanes) is 17. The molecule has 5 nitrogen and oxygen atoms in total. The van der Waals surface area contributed by atoms with Gasteiger partial charge in [-0.3, -0.25) is 4.79 Å². The minimum Gasteiger partial charge on any atom is -0.394 e. The third-order valence-electron chi connectivity index (χ3n) is 7.12. The van der Waals surface area contributed by atoms with E-state index in [4.69, 9.17) is 0 Å². The second kappa shape index (κ2) is 27.1. The van der Waals surface area contributed by atoms with Crippen LogP contribution in [0.1, 0.15) is 155 Å². The monoisotopic (exact) mass is 511 g/mol. The summed E-state index contributed by atoms with van der Waals surface area (Å²) < 4.78 is 0. The van der Waals surface area contributed by atoms with Gasteiger partial charge in [-0.25, -0.2) is 0 Å². The molecule has 0 aliphatic rings. The minimum atomic E-state index is -1.15. The van der Waals surface area contributed by atoms with E-state index < -0.39 is 18.2 Å². The van der Waals surface area contributed by atoms with Crippen LogP contribution in [0.25, 0.3) is 0 Å². The SMILES string of the molecule is CCCCCCCC/C=C/CCCC(O)C(O)C(CO)NC(=O)CCCCCCCCCCCCC. The molecule has 0 radical (unpaired) electrons. The van der Waals surface area contributed by atoms with Crippen LogP contribution in [-0.2, 0) is 4.79 Å². The summed E-state index contributed by atoms with van der Waals surface area (Å²) in [6, 6.07) is -0.816. The summed E-state index contributed by atoms with van der Waals surface area (Å²) in [6.45, 7) is 4.10. The number of amides is 1. The van der Waals surface area contributed by atoms with Crippen molar-refractivity contribution in [1.82, 2.24) is 5.32 Å². The first-order valence-electron chi connectivity index (χ1n) is 15.5. The number of allylic oxidation sites excluding steroid dienone is 2. The Morgan fingerprint density at radius 3 is 1.61 bits per heavy atom. The highest BCUT2D eigenvalue weighted by Gasteiger charge is 2.26. The minimum absolute atomic E-state index is 0.158. The zero-order chi connectivity index (χ0) is 26.7. The molecule has 0 rings (SSSR count). The molecule has 0 spiro atoms. The average Bonchev–Trinajstić information content (AvgIpc) is 2.88. The second-order valence-electron chi connectivity index (χ2n) is 10.7. The highest BCUT2D eigenvalue weighted by atomic mass is 16.3. The van der Waals surface area contributed by atoms with E-state index in [2.05, 4.69) is 31.3 Å². The summed E-state index contributed by atoms with van der Waals surface area (Å²) in [7, 11) is 0. The summed E-state index contributed by atoms with van der Waals surface area (Å²) >= 11 is 0. The van der Waals surface area contributed by atoms with Crippen LogP contribution in [0.5, 0.6) is 0 Å². The Hall–Kier alpha value is -0.910. The van der Waals surface area contributed by atoms with Crippen molar-refractivity contribution in [1.29, 1.82) is 0 Å². The van der Waals surface area contributed by atoms with Gasteiger partial charge in [-0.15, -0.1) is 0 Å². The average molecular weight is 512 g/mol. The number of aliphatic hydroxyl groups is 3. The Labute approximate surface area is 223 Å². The molecule has 3 unspecified atom stereocenters. The van der Waals surface area contributed by atoms with E-state index in [1.54, 1.807) is 0 Å². The lowest BCUT2D eigenvalue weighted by Gasteiger charge is -2.26. The van der Waals surface area contributed by atoms with Crippen molar-refractivity contribution in [2.75, 3.05) is 6.61 Å². The topological polar surface area (TPSA) is 89.8 Å². The van der Waals surface area contributed by atoms with Crippen LogP contribution in [0.15, 0.2) is 12.2 Å². The number of aliphatic hydroxyl groups excluding tert-OH is 3. The first-order valence-corrected chi connectivity index (χ1v) is 15.5. The lowest BCUT2D eigenvalue weighted by Crippen LogP contribution is -2.50. The van der Waals surface area contributed by atoms with Gasteiger partial charge in [-0.2, -0.15) is 0 Å². The Bertz CT molecular complexity index is 497. The third kappa shape index (κ3) is 22.3. The molecule has 1 amide bonds. The van der Waals surface area contributed by atoms with Crippen LogP contribution in [0, 0.1) is 0 Å². The molecule has 36 heavy (non-hydrogen) atoms. The van der Waals surface area contributed by atoms with Gasteiger partial charge in [0.15, 0.2) is 0 Å². The summed E-state index contributed by atoms with van der Waals surface area (Å²) in [5.74, 6) is -0.158. The molecule has 0 aromatic carbocycles. The predicted octanol–water partition coefficient (Wildman–Crippen LogP) is 7.36. The van der Waals surface area contributed by atoms with E-state index in [1.165, 1.54) is 89.9 Å². The van der Waals surface area contributed by atoms with Crippen LogP contribution < -0.4 is 5.32 Å². The highest BCUT2D eigenvalue weighted by Crippen LogP contribution is 2.13. The molecular weight excluding hydrogens is 450 g/mol. The van der Waals surface area contributed by atoms with Crippen molar-refractivity contribution in [2.45, 2.75) is 173 Å². The molecular formula is C31H61NO4. The zero-order valence-electron chi connectivity index (χ0n) is 23.9. The van der Waals surface area contributed by atoms with Gasteiger partial charge in [-0.1, -0.05) is 122 Å². The normalized spacial score (nSPS) is 14.2. The van der Waals surface area contributed by atoms with E-state index in [0.717, 1.165) is 38.5 Å². The number of hydrogen-bond acceptors (Lipinski definition) is 4. The maximum Gasteiger partial charge on any atom is 0.220 e. The third-order valence-corrected chi connectivity index (χ3v) is 7.12. The van der Waals surface area contributed by atoms with Crippen LogP contribution >= 0.6 is 0 Å². The Morgan fingerprint density at radius 1 is 0.667 bits per heavy atom. The van der Waals surface area contributed by atoms with E-state index in [-0.39, 0.29) is 12.5 Å². The van der Waals surface area contributed by atoms with Crippen molar-refractivity contribution in [3.05, 3.63) is 12.2 Å². The van der Waals surface area contributed by atoms with Crippen LogP contribution in [-0.4, -0.2) is 46.1 Å². The van der Waals surface area contributed by atoms with Crippen molar-refractivity contribution in [3.63, 3.8) is 0 Å². The van der Waals surface area contributed by atoms with E-state index in [9.17, 15) is 20.1 Å². The van der Waals surface area contributed by atoms with E-state index >= 15 is 0 Å². The van der Waals surface area contributed by atoms with Crippen LogP contribution in [0.4, 0.5) is 0 Å². The zero-order valence-corrected chi connectivity index (χ0v) is 23.9. The fraction of sp³-hybridized carbons (Fsp3) is 0.903. The van der Waals surface area contributed by atoms with Gasteiger partial charge in [0, 0.05) is 6.42 Å². The summed E-state index contributed by atoms with van der Waals surface area (Å²) in [5, 5.41) is 33.1. The van der Waals surface area contributed by atoms with Gasteiger partial charge >= 0.3 is 0 Å². The number of carbonyl (C=O) groups excluding carboxylic acids is 1. The Kier molecular flexibility index (Phi) is 26.4. The Balaban J connectivity index is 3.81. The first-order chi connectivity index (χ1) is 17.6. The number of hydrogen-bond donors (Lipinski definition) is 4. The summed E-state index contributed by atoms with van der Waals surface area (Å²) in [6.07, 6.45) is 27.2. The predicted molar refractivity (Wildman–Crippen MR) is 153 cm³/mol. The molecule has 0 aromatic rings. The molecule has 214 valence electrons. The second-order valence-corrected chi connectivity index (χ2v) is 10.7. The largest absolute Gasteiger partial charge is 0.394 e. The van der Waals surface area contributed by atoms with Gasteiger partial charge in [0.25, 0.3) is 0 Å². The van der Waals surface area contributed by atoms with Crippen molar-refractivity contribution >= 4 is 5.91 Å². The van der Waals surface area contributed by atoms with Crippen molar-refractivity contribution < 1.29 is 20.1 Å². The Morgan fingerprint density at radius 2 is 1.11 bits per heavy atom. The lowest BCUT2D eigenvalue weighted by molar-refractivity contribution is -0.124. The number of rotatable bonds is 27. The van der Waals surface area contributed by atoms with E-state index in [1.807, 2.05) is 0 Å². The molecule has 3 atom stereocenters. The van der Waals surface area contributed by atoms with E-state index in [0.29, 0.717) is 12.8 Å². The molecule has 5 heteroatoms. The molecule has 0 aliphatic carbocycles. The van der Waals surface area contributed by atoms with Gasteiger partial charge in [-0.05, 0) is 38.5 Å². The van der Waals surface area contributed by atoms with Crippen LogP contribution in [0.3, 0.4) is 0 Å². The highest BCUT2D eigenvalue weighted by molar-refractivity contribution is 5.76. The quantitative estimate of drug-likeness (QED) is 0.0685. The number of carbonyl (C=O) groups is 1. The van der Waals surface area contributed by atoms with Crippen molar-refractivity contribution in [3.8, 4) is 0 Å². The maximum absolute atomic E-state index is 12.2. The molecule has 0 bridgehead atoms. The molecule has 4 N–H and O–H groups in total. The van der Waals surface area contributed by atoms with Crippen molar-refractivity contribution in [2.24, 2.45) is 0 Å². The molecule has 0 saturated carbocycles. The maximum atomic E-state index is 12.2. The fourth-order valence-corrected chi connectivity index (χ4v) is 4.63. The van der Waals surface area contributed by atoms with Gasteiger partial charge in [0.05, 0.1) is 18.8 Å². The number of nitrogens with one attached hydrogen (secondary N) is 1. The van der Waals surface area contributed by atoms with Gasteiger partial charge in [0.2, 0.25) is 5.91 Å². The summed E-state index contributed by atoms with van der Waals surface area (Å²) in [4.78, 5) is 12.2. The first kappa shape index (κ1) is 35.1. The molecule has 0 aromatic heterocycles. The molecule has 0 fully saturated rings. The summed E-state index contributed by atoms with van der Waals surface area (Å²) in [5.41, 5.74) is 0. The lowest BCUT2D eigenvalue weighted by atomic mass is 10.0. The standard InChI is InChI=1S/C31H61NO4/c1-3-5-7-9-11-13-15-17-19-21-23-25-29(34)31(36)28(27-33)32-30(35)26-24-22-20-18-16-14-12-10-8-6-4-2/h17,19,28-29,31,33-34,36H,3-16,18,20-27H2,1-2H3,(H,32,35)/b19-17+. The molecule has 0 aliphatic heterocycles. The molecule has 0 saturated heterocycles.